The van der Waals surface area contributed by atoms with Gasteiger partial charge in [0.05, 0.1) is 0 Å². The van der Waals surface area contributed by atoms with Crippen LogP contribution in [0.15, 0.2) is 67.0 Å². The van der Waals surface area contributed by atoms with Crippen molar-refractivity contribution in [1.29, 1.82) is 0 Å². The predicted octanol–water partition coefficient (Wildman–Crippen LogP) is 4.18. The van der Waals surface area contributed by atoms with Gasteiger partial charge < -0.3 is 15.3 Å². The van der Waals surface area contributed by atoms with E-state index < -0.39 is 0 Å². The van der Waals surface area contributed by atoms with Gasteiger partial charge in [0.1, 0.15) is 23.7 Å². The first-order valence-electron chi connectivity index (χ1n) is 9.41. The number of anilines is 2. The van der Waals surface area contributed by atoms with E-state index in [1.54, 1.807) is 18.5 Å². The normalized spacial score (nSPS) is 14.9. The van der Waals surface area contributed by atoms with Crippen molar-refractivity contribution in [2.24, 2.45) is 0 Å². The van der Waals surface area contributed by atoms with E-state index in [4.69, 9.17) is 0 Å². The molecule has 0 spiro atoms. The van der Waals surface area contributed by atoms with Crippen molar-refractivity contribution in [3.05, 3.63) is 78.1 Å². The van der Waals surface area contributed by atoms with Crippen molar-refractivity contribution in [2.75, 3.05) is 23.3 Å². The van der Waals surface area contributed by atoms with Crippen LogP contribution in [0.5, 0.6) is 5.75 Å². The zero-order chi connectivity index (χ0) is 18.5. The first-order valence-corrected chi connectivity index (χ1v) is 9.41. The zero-order valence-electron chi connectivity index (χ0n) is 15.3. The van der Waals surface area contributed by atoms with Crippen LogP contribution in [0.25, 0.3) is 0 Å². The van der Waals surface area contributed by atoms with Crippen molar-refractivity contribution in [1.82, 2.24) is 9.97 Å². The number of nitrogens with zero attached hydrogens (tertiary/aromatic N) is 3. The van der Waals surface area contributed by atoms with Crippen molar-refractivity contribution in [3.63, 3.8) is 0 Å². The van der Waals surface area contributed by atoms with Crippen LogP contribution in [0.3, 0.4) is 0 Å². The number of benzene rings is 2. The van der Waals surface area contributed by atoms with Gasteiger partial charge in [-0.05, 0) is 42.0 Å². The maximum Gasteiger partial charge on any atom is 0.134 e. The largest absolute Gasteiger partial charge is 0.508 e. The molecule has 1 aliphatic rings. The lowest BCUT2D eigenvalue weighted by Crippen LogP contribution is -2.33. The Balaban J connectivity index is 1.36. The van der Waals surface area contributed by atoms with E-state index in [9.17, 15) is 5.11 Å². The third-order valence-corrected chi connectivity index (χ3v) is 5.15. The molecule has 2 heterocycles. The highest BCUT2D eigenvalue weighted by atomic mass is 16.3. The summed E-state index contributed by atoms with van der Waals surface area (Å²) in [7, 11) is 0. The Morgan fingerprint density at radius 1 is 0.963 bits per heavy atom. The predicted molar refractivity (Wildman–Crippen MR) is 108 cm³/mol. The minimum Gasteiger partial charge on any atom is -0.508 e. The second-order valence-corrected chi connectivity index (χ2v) is 6.95. The molecule has 0 radical (unpaired) electrons. The number of rotatable bonds is 5. The Kier molecular flexibility index (Phi) is 5.19. The SMILES string of the molecule is Oc1ccc(C2CCN(c3cc(NCc4ccccc4)ncn3)CC2)cc1. The van der Waals surface area contributed by atoms with Crippen molar-refractivity contribution >= 4 is 11.6 Å². The molecular weight excluding hydrogens is 336 g/mol. The molecule has 5 nitrogen and oxygen atoms in total. The van der Waals surface area contributed by atoms with Crippen molar-refractivity contribution in [2.45, 2.75) is 25.3 Å². The van der Waals surface area contributed by atoms with Gasteiger partial charge >= 0.3 is 0 Å². The molecule has 0 amide bonds. The number of aromatic nitrogens is 2. The average molecular weight is 360 g/mol. The lowest BCUT2D eigenvalue weighted by molar-refractivity contribution is 0.472. The molecule has 0 aliphatic carbocycles. The second-order valence-electron chi connectivity index (χ2n) is 6.95. The molecule has 0 atom stereocenters. The van der Waals surface area contributed by atoms with E-state index in [0.29, 0.717) is 11.7 Å². The van der Waals surface area contributed by atoms with E-state index in [1.807, 2.05) is 36.4 Å². The van der Waals surface area contributed by atoms with E-state index in [-0.39, 0.29) is 0 Å². The van der Waals surface area contributed by atoms with Crippen LogP contribution in [0.2, 0.25) is 0 Å². The van der Waals surface area contributed by atoms with E-state index in [2.05, 4.69) is 32.3 Å². The molecule has 3 aromatic rings. The lowest BCUT2D eigenvalue weighted by atomic mass is 9.89. The molecular formula is C22H24N4O. The second kappa shape index (κ2) is 8.08. The highest BCUT2D eigenvalue weighted by molar-refractivity contribution is 5.49. The number of piperidine rings is 1. The van der Waals surface area contributed by atoms with Gasteiger partial charge in [0.25, 0.3) is 0 Å². The van der Waals surface area contributed by atoms with Gasteiger partial charge in [-0.15, -0.1) is 0 Å². The van der Waals surface area contributed by atoms with Crippen LogP contribution in [-0.4, -0.2) is 28.2 Å². The minimum absolute atomic E-state index is 0.327. The number of hydrogen-bond donors (Lipinski definition) is 2. The van der Waals surface area contributed by atoms with E-state index in [0.717, 1.165) is 44.1 Å². The lowest BCUT2D eigenvalue weighted by Gasteiger charge is -2.33. The highest BCUT2D eigenvalue weighted by Gasteiger charge is 2.21. The minimum atomic E-state index is 0.327. The van der Waals surface area contributed by atoms with Gasteiger partial charge in [0.15, 0.2) is 0 Å². The Morgan fingerprint density at radius 3 is 2.44 bits per heavy atom. The van der Waals surface area contributed by atoms with Gasteiger partial charge in [-0.1, -0.05) is 42.5 Å². The summed E-state index contributed by atoms with van der Waals surface area (Å²) in [5, 5.41) is 12.8. The Bertz CT molecular complexity index is 859. The maximum absolute atomic E-state index is 9.46. The molecule has 1 saturated heterocycles. The molecule has 2 N–H and O–H groups in total. The fraction of sp³-hybridized carbons (Fsp3) is 0.273. The number of hydrogen-bond acceptors (Lipinski definition) is 5. The van der Waals surface area contributed by atoms with Gasteiger partial charge in [-0.3, -0.25) is 0 Å². The van der Waals surface area contributed by atoms with Crippen LogP contribution in [0, 0.1) is 0 Å². The quantitative estimate of drug-likeness (QED) is 0.715. The van der Waals surface area contributed by atoms with E-state index in [1.165, 1.54) is 11.1 Å². The molecule has 1 aliphatic heterocycles. The fourth-order valence-electron chi connectivity index (χ4n) is 3.59. The number of nitrogens with one attached hydrogen (secondary N) is 1. The van der Waals surface area contributed by atoms with Crippen LogP contribution in [0.4, 0.5) is 11.6 Å². The molecule has 0 unspecified atom stereocenters. The summed E-state index contributed by atoms with van der Waals surface area (Å²) in [6.45, 7) is 2.70. The van der Waals surface area contributed by atoms with Gasteiger partial charge in [-0.2, -0.15) is 0 Å². The van der Waals surface area contributed by atoms with E-state index >= 15 is 0 Å². The first-order chi connectivity index (χ1) is 13.3. The topological polar surface area (TPSA) is 61.3 Å². The average Bonchev–Trinajstić information content (AvgIpc) is 2.74. The molecule has 2 aromatic carbocycles. The summed E-state index contributed by atoms with van der Waals surface area (Å²) < 4.78 is 0. The summed E-state index contributed by atoms with van der Waals surface area (Å²) in [4.78, 5) is 11.1. The van der Waals surface area contributed by atoms with Crippen molar-refractivity contribution < 1.29 is 5.11 Å². The van der Waals surface area contributed by atoms with Crippen LogP contribution >= 0.6 is 0 Å². The van der Waals surface area contributed by atoms with Gasteiger partial charge in [0.2, 0.25) is 0 Å². The third kappa shape index (κ3) is 4.37. The molecule has 138 valence electrons. The highest BCUT2D eigenvalue weighted by Crippen LogP contribution is 2.31. The molecule has 5 heteroatoms. The van der Waals surface area contributed by atoms with Crippen LogP contribution in [-0.2, 0) is 6.54 Å². The summed E-state index contributed by atoms with van der Waals surface area (Å²) in [5.74, 6) is 2.70. The number of aromatic hydroxyl groups is 1. The molecule has 1 aromatic heterocycles. The summed E-state index contributed by atoms with van der Waals surface area (Å²) >= 11 is 0. The molecule has 27 heavy (non-hydrogen) atoms. The van der Waals surface area contributed by atoms with Crippen LogP contribution in [0.1, 0.15) is 29.9 Å². The third-order valence-electron chi connectivity index (χ3n) is 5.15. The molecule has 0 bridgehead atoms. The summed E-state index contributed by atoms with van der Waals surface area (Å²) in [6, 6.07) is 20.0. The smallest absolute Gasteiger partial charge is 0.134 e. The zero-order valence-corrected chi connectivity index (χ0v) is 15.3. The Hall–Kier alpha value is -3.08. The number of phenols is 1. The summed E-state index contributed by atoms with van der Waals surface area (Å²) in [5.41, 5.74) is 2.53. The maximum atomic E-state index is 9.46. The Morgan fingerprint density at radius 2 is 1.70 bits per heavy atom. The monoisotopic (exact) mass is 360 g/mol. The van der Waals surface area contributed by atoms with Crippen LogP contribution < -0.4 is 10.2 Å². The molecule has 1 fully saturated rings. The standard InChI is InChI=1S/C22H24N4O/c27-20-8-6-18(7-9-20)19-10-12-26(13-11-19)22-14-21(24-16-25-22)23-15-17-4-2-1-3-5-17/h1-9,14,16,19,27H,10-13,15H2,(H,23,24,25). The Labute approximate surface area is 159 Å². The van der Waals surface area contributed by atoms with Crippen molar-refractivity contribution in [3.8, 4) is 5.75 Å². The van der Waals surface area contributed by atoms with Gasteiger partial charge in [-0.25, -0.2) is 9.97 Å². The fourth-order valence-corrected chi connectivity index (χ4v) is 3.59. The summed E-state index contributed by atoms with van der Waals surface area (Å²) in [6.07, 6.45) is 3.80. The molecule has 4 rings (SSSR count). The van der Waals surface area contributed by atoms with Gasteiger partial charge in [0, 0.05) is 25.7 Å². The number of phenolic OH excluding ortho intramolecular Hbond substituents is 1. The molecule has 0 saturated carbocycles. The first kappa shape index (κ1) is 17.3.